The summed E-state index contributed by atoms with van der Waals surface area (Å²) in [4.78, 5) is 32.9. The molecule has 3 heterocycles. The molecule has 3 aromatic carbocycles. The van der Waals surface area contributed by atoms with Crippen molar-refractivity contribution in [3.63, 3.8) is 0 Å². The molecule has 0 amide bonds. The Morgan fingerprint density at radius 2 is 1.71 bits per heavy atom. The van der Waals surface area contributed by atoms with E-state index in [1.165, 1.54) is 79.7 Å². The quantitative estimate of drug-likeness (QED) is 0.179. The van der Waals surface area contributed by atoms with Crippen molar-refractivity contribution in [2.24, 2.45) is 0 Å². The van der Waals surface area contributed by atoms with Crippen molar-refractivity contribution in [1.29, 1.82) is 5.26 Å². The molecule has 0 fully saturated rings. The molecule has 6 rings (SSSR count). The molecule has 0 aliphatic carbocycles. The van der Waals surface area contributed by atoms with Crippen LogP contribution in [0.1, 0.15) is 32.9 Å². The number of pyridine rings is 1. The number of carbonyl (C=O) groups excluding carboxylic acids is 1. The average Bonchev–Trinajstić information content (AvgIpc) is 3.69. The summed E-state index contributed by atoms with van der Waals surface area (Å²) >= 11 is 0. The van der Waals surface area contributed by atoms with E-state index >= 15 is 8.78 Å². The van der Waals surface area contributed by atoms with E-state index in [0.29, 0.717) is 11.0 Å². The lowest BCUT2D eigenvalue weighted by Gasteiger charge is -2.12. The Bertz CT molecular complexity index is 2310. The van der Waals surface area contributed by atoms with Gasteiger partial charge in [0, 0.05) is 29.8 Å². The normalized spacial score (nSPS) is 10.9. The molecule has 0 saturated carbocycles. The van der Waals surface area contributed by atoms with Crippen LogP contribution in [0.5, 0.6) is 11.6 Å². The minimum absolute atomic E-state index is 0.0347. The molecule has 0 spiro atoms. The minimum atomic E-state index is -1.19. The number of nitrogens with zero attached hydrogens (tertiary/aromatic N) is 5. The van der Waals surface area contributed by atoms with E-state index in [9.17, 15) is 19.1 Å². The number of nitriles is 1. The van der Waals surface area contributed by atoms with Gasteiger partial charge in [-0.15, -0.1) is 0 Å². The van der Waals surface area contributed by atoms with Crippen LogP contribution >= 0.6 is 0 Å². The van der Waals surface area contributed by atoms with Gasteiger partial charge >= 0.3 is 12.1 Å². The molecule has 0 saturated heterocycles. The third-order valence-corrected chi connectivity index (χ3v) is 7.63. The second-order valence-electron chi connectivity index (χ2n) is 10.6. The Hall–Kier alpha value is -6.62. The fourth-order valence-electron chi connectivity index (χ4n) is 5.23. The Morgan fingerprint density at radius 3 is 2.43 bits per heavy atom. The van der Waals surface area contributed by atoms with Crippen molar-refractivity contribution < 1.29 is 42.1 Å². The molecular weight excluding hydrogens is 643 g/mol. The Balaban J connectivity index is 1.35. The van der Waals surface area contributed by atoms with Gasteiger partial charge in [0.1, 0.15) is 35.6 Å². The van der Waals surface area contributed by atoms with Crippen LogP contribution < -0.4 is 9.47 Å². The van der Waals surface area contributed by atoms with Crippen LogP contribution in [0.4, 0.5) is 18.0 Å². The maximum Gasteiger partial charge on any atom is 0.417 e. The Morgan fingerprint density at radius 1 is 0.918 bits per heavy atom. The predicted molar refractivity (Wildman–Crippen MR) is 168 cm³/mol. The van der Waals surface area contributed by atoms with Crippen LogP contribution in [0.15, 0.2) is 79.1 Å². The van der Waals surface area contributed by atoms with Crippen molar-refractivity contribution in [3.05, 3.63) is 125 Å². The number of carbonyl (C=O) groups is 2. The Kier molecular flexibility index (Phi) is 8.74. The van der Waals surface area contributed by atoms with Gasteiger partial charge in [-0.05, 0) is 54.1 Å². The number of hydrogen-bond acceptors (Lipinski definition) is 8. The first-order valence-electron chi connectivity index (χ1n) is 14.5. The van der Waals surface area contributed by atoms with Crippen LogP contribution in [0, 0.1) is 28.8 Å². The number of ether oxygens (including phenoxy) is 3. The van der Waals surface area contributed by atoms with Gasteiger partial charge in [-0.1, -0.05) is 12.1 Å². The minimum Gasteiger partial charge on any atom is -0.493 e. The molecule has 0 bridgehead atoms. The highest BCUT2D eigenvalue weighted by Gasteiger charge is 2.23. The van der Waals surface area contributed by atoms with Crippen molar-refractivity contribution >= 4 is 23.1 Å². The van der Waals surface area contributed by atoms with Crippen molar-refractivity contribution in [2.75, 3.05) is 14.2 Å². The van der Waals surface area contributed by atoms with Gasteiger partial charge in [-0.25, -0.2) is 32.7 Å². The summed E-state index contributed by atoms with van der Waals surface area (Å²) in [5.41, 5.74) is 1.05. The van der Waals surface area contributed by atoms with Gasteiger partial charge in [0.2, 0.25) is 5.88 Å². The zero-order chi connectivity index (χ0) is 34.8. The first kappa shape index (κ1) is 32.3. The van der Waals surface area contributed by atoms with E-state index in [1.54, 1.807) is 0 Å². The third kappa shape index (κ3) is 6.37. The number of methoxy groups -OCH3 is 2. The molecule has 1 N–H and O–H groups in total. The highest BCUT2D eigenvalue weighted by molar-refractivity contribution is 5.93. The predicted octanol–water partition coefficient (Wildman–Crippen LogP) is 6.67. The smallest absolute Gasteiger partial charge is 0.417 e. The summed E-state index contributed by atoms with van der Waals surface area (Å²) in [5, 5.41) is 18.6. The van der Waals surface area contributed by atoms with E-state index in [2.05, 4.69) is 9.97 Å². The lowest BCUT2D eigenvalue weighted by molar-refractivity contribution is 0.0697. The highest BCUT2D eigenvalue weighted by atomic mass is 19.1. The average molecular weight is 668 g/mol. The molecule has 3 aromatic heterocycles. The molecular formula is C35H24F3N5O6. The van der Waals surface area contributed by atoms with Gasteiger partial charge in [0.25, 0.3) is 0 Å². The largest absolute Gasteiger partial charge is 0.493 e. The van der Waals surface area contributed by atoms with Crippen molar-refractivity contribution in [1.82, 2.24) is 19.1 Å². The summed E-state index contributed by atoms with van der Waals surface area (Å²) in [7, 11) is 2.57. The summed E-state index contributed by atoms with van der Waals surface area (Å²) in [6.07, 6.45) is 1.77. The maximum absolute atomic E-state index is 15.7. The summed E-state index contributed by atoms with van der Waals surface area (Å²) in [6, 6.07) is 16.5. The van der Waals surface area contributed by atoms with Gasteiger partial charge in [-0.2, -0.15) is 5.26 Å². The van der Waals surface area contributed by atoms with Crippen LogP contribution in [-0.2, 0) is 17.8 Å². The fraction of sp³-hybridized carbons (Fsp3) is 0.114. The molecule has 6 aromatic rings. The number of hydrogen-bond donors (Lipinski definition) is 1. The molecule has 11 nitrogen and oxygen atoms in total. The number of benzene rings is 3. The SMILES string of the molecule is COC(=O)n1cc(OC)c(-n2c(Cc3cc(F)c(-c4cccc(OCc5ccc(C#N)cc5F)n4)cc3F)nc3ccc(C(=O)O)cc32)c1. The lowest BCUT2D eigenvalue weighted by Crippen LogP contribution is -2.09. The van der Waals surface area contributed by atoms with E-state index in [-0.39, 0.29) is 69.7 Å². The lowest BCUT2D eigenvalue weighted by atomic mass is 10.0. The second kappa shape index (κ2) is 13.2. The molecule has 0 radical (unpaired) electrons. The first-order valence-corrected chi connectivity index (χ1v) is 14.5. The van der Waals surface area contributed by atoms with Crippen molar-refractivity contribution in [3.8, 4) is 34.6 Å². The first-order chi connectivity index (χ1) is 23.6. The molecule has 49 heavy (non-hydrogen) atoms. The fourth-order valence-corrected chi connectivity index (χ4v) is 5.23. The summed E-state index contributed by atoms with van der Waals surface area (Å²) in [6.45, 7) is -0.216. The third-order valence-electron chi connectivity index (χ3n) is 7.63. The molecule has 0 unspecified atom stereocenters. The standard InChI is InChI=1S/C35H24F3N5O6/c1-47-31-17-42(35(46)48-2)16-30(31)43-29-12-20(34(44)45)8-9-28(29)40-32(43)13-22-11-26(38)23(14-25(22)37)27-4-3-5-33(41-27)49-18-21-7-6-19(15-39)10-24(21)36/h3-12,14,16-17H,13,18H2,1-2H3,(H,44,45). The van der Waals surface area contributed by atoms with Crippen molar-refractivity contribution in [2.45, 2.75) is 13.0 Å². The van der Waals surface area contributed by atoms with Gasteiger partial charge in [0.05, 0.1) is 54.3 Å². The number of carboxylic acid groups (broad SMARTS) is 1. The van der Waals surface area contributed by atoms with Crippen LogP contribution in [-0.4, -0.2) is 50.5 Å². The number of imidazole rings is 1. The monoisotopic (exact) mass is 667 g/mol. The summed E-state index contributed by atoms with van der Waals surface area (Å²) < 4.78 is 64.2. The number of rotatable bonds is 9. The Labute approximate surface area is 276 Å². The van der Waals surface area contributed by atoms with Gasteiger partial charge < -0.3 is 19.3 Å². The number of carboxylic acids is 1. The van der Waals surface area contributed by atoms with Crippen LogP contribution in [0.3, 0.4) is 0 Å². The zero-order valence-electron chi connectivity index (χ0n) is 25.8. The van der Waals surface area contributed by atoms with Gasteiger partial charge in [0.15, 0.2) is 5.75 Å². The molecule has 0 aliphatic rings. The highest BCUT2D eigenvalue weighted by Crippen LogP contribution is 2.33. The topological polar surface area (TPSA) is 141 Å². The van der Waals surface area contributed by atoms with E-state index in [4.69, 9.17) is 19.5 Å². The number of aromatic carboxylic acids is 1. The van der Waals surface area contributed by atoms with Crippen LogP contribution in [0.2, 0.25) is 0 Å². The van der Waals surface area contributed by atoms with E-state index in [0.717, 1.165) is 22.8 Å². The van der Waals surface area contributed by atoms with E-state index < -0.39 is 29.5 Å². The van der Waals surface area contributed by atoms with Crippen LogP contribution in [0.25, 0.3) is 28.0 Å². The molecule has 0 aliphatic heterocycles. The second-order valence-corrected chi connectivity index (χ2v) is 10.6. The zero-order valence-corrected chi connectivity index (χ0v) is 25.8. The number of halogens is 3. The van der Waals surface area contributed by atoms with E-state index in [1.807, 2.05) is 6.07 Å². The summed E-state index contributed by atoms with van der Waals surface area (Å²) in [5.74, 6) is -2.99. The number of aromatic nitrogens is 4. The molecule has 246 valence electrons. The number of fused-ring (bicyclic) bond motifs is 1. The maximum atomic E-state index is 15.7. The van der Waals surface area contributed by atoms with Gasteiger partial charge in [-0.3, -0.25) is 9.13 Å². The molecule has 0 atom stereocenters. The molecule has 14 heteroatoms.